The molecular weight excluding hydrogens is 522 g/mol. The molecule has 2 aromatic carbocycles. The maximum atomic E-state index is 13.3. The first-order valence-corrected chi connectivity index (χ1v) is 14.3. The van der Waals surface area contributed by atoms with Crippen molar-refractivity contribution in [3.05, 3.63) is 86.0 Å². The zero-order valence-corrected chi connectivity index (χ0v) is 22.7. The van der Waals surface area contributed by atoms with Crippen LogP contribution in [0.4, 0.5) is 11.4 Å². The highest BCUT2D eigenvalue weighted by Crippen LogP contribution is 2.25. The molecule has 0 aliphatic carbocycles. The highest BCUT2D eigenvalue weighted by Gasteiger charge is 2.18. The van der Waals surface area contributed by atoms with Crippen molar-refractivity contribution in [3.63, 3.8) is 0 Å². The van der Waals surface area contributed by atoms with Crippen LogP contribution in [0.5, 0.6) is 5.75 Å². The SMILES string of the molecule is COc1ccc(N2CCN(CCCn3c(SCc4ccc([N+](=O)[O-])cc4)nc4ccsc4c3=O)CC2)cc1. The van der Waals surface area contributed by atoms with E-state index in [4.69, 9.17) is 9.72 Å². The highest BCUT2D eigenvalue weighted by molar-refractivity contribution is 7.98. The van der Waals surface area contributed by atoms with E-state index < -0.39 is 4.92 Å². The predicted octanol–water partition coefficient (Wildman–Crippen LogP) is 4.88. The predicted molar refractivity (Wildman–Crippen MR) is 153 cm³/mol. The van der Waals surface area contributed by atoms with E-state index in [9.17, 15) is 14.9 Å². The first-order chi connectivity index (χ1) is 18.5. The number of thiophene rings is 1. The number of nitro benzene ring substituents is 1. The van der Waals surface area contributed by atoms with Gasteiger partial charge in [0.05, 0.1) is 17.5 Å². The minimum absolute atomic E-state index is 0.000486. The second kappa shape index (κ2) is 12.0. The summed E-state index contributed by atoms with van der Waals surface area (Å²) in [6.45, 7) is 5.39. The van der Waals surface area contributed by atoms with Crippen LogP contribution in [0.1, 0.15) is 12.0 Å². The molecule has 0 unspecified atom stereocenters. The minimum atomic E-state index is -0.403. The fourth-order valence-corrected chi connectivity index (χ4v) is 6.33. The van der Waals surface area contributed by atoms with Crippen LogP contribution in [-0.4, -0.2) is 59.2 Å². The molecule has 2 aromatic heterocycles. The topological polar surface area (TPSA) is 93.7 Å². The van der Waals surface area contributed by atoms with Crippen molar-refractivity contribution in [3.8, 4) is 5.75 Å². The van der Waals surface area contributed by atoms with Gasteiger partial charge in [-0.3, -0.25) is 24.4 Å². The molecule has 1 fully saturated rings. The number of hydrogen-bond donors (Lipinski definition) is 0. The maximum Gasteiger partial charge on any atom is 0.272 e. The molecule has 0 radical (unpaired) electrons. The van der Waals surface area contributed by atoms with Gasteiger partial charge in [0.25, 0.3) is 11.2 Å². The summed E-state index contributed by atoms with van der Waals surface area (Å²) in [4.78, 5) is 33.4. The molecule has 0 amide bonds. The zero-order chi connectivity index (χ0) is 26.5. The maximum absolute atomic E-state index is 13.3. The lowest BCUT2D eigenvalue weighted by atomic mass is 10.2. The molecule has 9 nitrogen and oxygen atoms in total. The lowest BCUT2D eigenvalue weighted by Crippen LogP contribution is -2.46. The van der Waals surface area contributed by atoms with Crippen LogP contribution in [0.2, 0.25) is 0 Å². The fraction of sp³-hybridized carbons (Fsp3) is 0.333. The van der Waals surface area contributed by atoms with E-state index in [0.717, 1.165) is 56.0 Å². The molecule has 38 heavy (non-hydrogen) atoms. The van der Waals surface area contributed by atoms with Crippen LogP contribution in [0.25, 0.3) is 10.2 Å². The molecule has 11 heteroatoms. The largest absolute Gasteiger partial charge is 0.497 e. The fourth-order valence-electron chi connectivity index (χ4n) is 4.57. The molecule has 0 atom stereocenters. The minimum Gasteiger partial charge on any atom is -0.497 e. The Hall–Kier alpha value is -3.41. The van der Waals surface area contributed by atoms with Gasteiger partial charge in [-0.1, -0.05) is 23.9 Å². The molecular formula is C27H29N5O4S2. The van der Waals surface area contributed by atoms with E-state index in [-0.39, 0.29) is 11.2 Å². The number of rotatable bonds is 10. The van der Waals surface area contributed by atoms with Crippen molar-refractivity contribution in [2.75, 3.05) is 44.7 Å². The number of anilines is 1. The van der Waals surface area contributed by atoms with Gasteiger partial charge in [-0.2, -0.15) is 0 Å². The van der Waals surface area contributed by atoms with Crippen LogP contribution in [0.15, 0.2) is 69.9 Å². The second-order valence-electron chi connectivity index (χ2n) is 9.08. The number of benzene rings is 2. The Morgan fingerprint density at radius 1 is 1.03 bits per heavy atom. The Bertz CT molecular complexity index is 1450. The normalized spacial score (nSPS) is 14.2. The quantitative estimate of drug-likeness (QED) is 0.119. The number of nitrogens with zero attached hydrogens (tertiary/aromatic N) is 5. The van der Waals surface area contributed by atoms with Crippen molar-refractivity contribution in [1.29, 1.82) is 0 Å². The van der Waals surface area contributed by atoms with Gasteiger partial charge >= 0.3 is 0 Å². The first kappa shape index (κ1) is 26.2. The van der Waals surface area contributed by atoms with Crippen molar-refractivity contribution in [2.45, 2.75) is 23.9 Å². The summed E-state index contributed by atoms with van der Waals surface area (Å²) in [5.41, 5.74) is 2.94. The highest BCUT2D eigenvalue weighted by atomic mass is 32.2. The monoisotopic (exact) mass is 551 g/mol. The van der Waals surface area contributed by atoms with Crippen molar-refractivity contribution >= 4 is 44.7 Å². The number of methoxy groups -OCH3 is 1. The van der Waals surface area contributed by atoms with E-state index in [1.165, 1.54) is 40.9 Å². The van der Waals surface area contributed by atoms with E-state index >= 15 is 0 Å². The Morgan fingerprint density at radius 3 is 2.45 bits per heavy atom. The molecule has 0 spiro atoms. The van der Waals surface area contributed by atoms with Gasteiger partial charge in [0.15, 0.2) is 5.16 Å². The number of fused-ring (bicyclic) bond motifs is 1. The standard InChI is InChI=1S/C27H29N5O4S2/c1-36-23-9-7-21(8-10-23)30-16-14-29(15-17-30)12-2-13-31-26(33)25-24(11-18-37-25)28-27(31)38-19-20-3-5-22(6-4-20)32(34)35/h3-11,18H,2,12-17,19H2,1H3. The number of piperazine rings is 1. The van der Waals surface area contributed by atoms with E-state index in [1.807, 2.05) is 23.6 Å². The molecule has 198 valence electrons. The number of thioether (sulfide) groups is 1. The Labute approximate surface area is 228 Å². The number of nitro groups is 1. The third kappa shape index (κ3) is 6.01. The molecule has 0 bridgehead atoms. The number of non-ortho nitro benzene ring substituents is 1. The molecule has 0 N–H and O–H groups in total. The van der Waals surface area contributed by atoms with Crippen LogP contribution in [-0.2, 0) is 12.3 Å². The summed E-state index contributed by atoms with van der Waals surface area (Å²) in [5.74, 6) is 1.44. The van der Waals surface area contributed by atoms with E-state index in [1.54, 1.807) is 23.8 Å². The van der Waals surface area contributed by atoms with Gasteiger partial charge in [0.2, 0.25) is 0 Å². The Morgan fingerprint density at radius 2 is 1.76 bits per heavy atom. The van der Waals surface area contributed by atoms with Gasteiger partial charge < -0.3 is 9.64 Å². The van der Waals surface area contributed by atoms with Gasteiger partial charge in [0.1, 0.15) is 10.4 Å². The average molecular weight is 552 g/mol. The van der Waals surface area contributed by atoms with Gasteiger partial charge in [-0.25, -0.2) is 4.98 Å². The molecule has 1 saturated heterocycles. The third-order valence-electron chi connectivity index (χ3n) is 6.71. The molecule has 3 heterocycles. The average Bonchev–Trinajstić information content (AvgIpc) is 3.43. The Kier molecular flexibility index (Phi) is 8.26. The van der Waals surface area contributed by atoms with E-state index in [2.05, 4.69) is 21.9 Å². The lowest BCUT2D eigenvalue weighted by Gasteiger charge is -2.36. The summed E-state index contributed by atoms with van der Waals surface area (Å²) in [5, 5.41) is 13.5. The first-order valence-electron chi connectivity index (χ1n) is 12.5. The second-order valence-corrected chi connectivity index (χ2v) is 10.9. The van der Waals surface area contributed by atoms with Crippen molar-refractivity contribution in [2.24, 2.45) is 0 Å². The Balaban J connectivity index is 1.20. The number of aromatic nitrogens is 2. The molecule has 0 saturated carbocycles. The summed E-state index contributed by atoms with van der Waals surface area (Å²) >= 11 is 2.92. The smallest absolute Gasteiger partial charge is 0.272 e. The van der Waals surface area contributed by atoms with Gasteiger partial charge in [0, 0.05) is 56.3 Å². The van der Waals surface area contributed by atoms with Crippen LogP contribution in [0.3, 0.4) is 0 Å². The summed E-state index contributed by atoms with van der Waals surface area (Å²) in [6.07, 6.45) is 0.853. The van der Waals surface area contributed by atoms with Crippen molar-refractivity contribution in [1.82, 2.24) is 14.5 Å². The van der Waals surface area contributed by atoms with Gasteiger partial charge in [-0.15, -0.1) is 11.3 Å². The summed E-state index contributed by atoms with van der Waals surface area (Å²) < 4.78 is 7.73. The summed E-state index contributed by atoms with van der Waals surface area (Å²) in [6, 6.07) is 16.6. The van der Waals surface area contributed by atoms with Crippen LogP contribution in [0, 0.1) is 10.1 Å². The van der Waals surface area contributed by atoms with Crippen molar-refractivity contribution < 1.29 is 9.66 Å². The van der Waals surface area contributed by atoms with Crippen LogP contribution < -0.4 is 15.2 Å². The molecule has 4 aromatic rings. The van der Waals surface area contributed by atoms with E-state index in [0.29, 0.717) is 22.2 Å². The molecule has 1 aliphatic heterocycles. The number of ether oxygens (including phenoxy) is 1. The van der Waals surface area contributed by atoms with Gasteiger partial charge in [-0.05, 0) is 54.2 Å². The lowest BCUT2D eigenvalue weighted by molar-refractivity contribution is -0.384. The van der Waals surface area contributed by atoms with Crippen LogP contribution >= 0.6 is 23.1 Å². The molecule has 5 rings (SSSR count). The summed E-state index contributed by atoms with van der Waals surface area (Å²) in [7, 11) is 1.68. The zero-order valence-electron chi connectivity index (χ0n) is 21.1. The molecule has 1 aliphatic rings. The number of hydrogen-bond acceptors (Lipinski definition) is 9. The third-order valence-corrected chi connectivity index (χ3v) is 8.65.